The highest BCUT2D eigenvalue weighted by molar-refractivity contribution is 8.01. The minimum absolute atomic E-state index is 0.125. The van der Waals surface area contributed by atoms with Crippen molar-refractivity contribution in [3.05, 3.63) is 35.9 Å². The first-order chi connectivity index (χ1) is 19.0. The van der Waals surface area contributed by atoms with Crippen molar-refractivity contribution in [1.82, 2.24) is 10.2 Å². The minimum Gasteiger partial charge on any atom is -0.493 e. The van der Waals surface area contributed by atoms with Gasteiger partial charge < -0.3 is 45.0 Å². The Labute approximate surface area is 239 Å². The molecule has 3 unspecified atom stereocenters. The summed E-state index contributed by atoms with van der Waals surface area (Å²) in [5, 5.41) is 13.5. The van der Waals surface area contributed by atoms with Crippen molar-refractivity contribution in [2.45, 2.75) is 54.8 Å². The number of ether oxygens (including phenoxy) is 1. The Morgan fingerprint density at radius 1 is 1.10 bits per heavy atom. The van der Waals surface area contributed by atoms with Crippen LogP contribution in [0.1, 0.15) is 37.6 Å². The Morgan fingerprint density at radius 3 is 2.34 bits per heavy atom. The van der Waals surface area contributed by atoms with Gasteiger partial charge in [-0.25, -0.2) is 4.79 Å². The predicted octanol–water partition coefficient (Wildman–Crippen LogP) is 1.97. The van der Waals surface area contributed by atoms with Crippen molar-refractivity contribution in [2.24, 2.45) is 0 Å². The van der Waals surface area contributed by atoms with Gasteiger partial charge in [-0.2, -0.15) is 0 Å². The third-order valence-electron chi connectivity index (χ3n) is 7.01. The summed E-state index contributed by atoms with van der Waals surface area (Å²) >= 11 is 1.30. The van der Waals surface area contributed by atoms with Crippen molar-refractivity contribution in [1.29, 1.82) is 0 Å². The molecule has 0 saturated carbocycles. The van der Waals surface area contributed by atoms with Crippen LogP contribution in [0, 0.1) is 0 Å². The van der Waals surface area contributed by atoms with Crippen LogP contribution in [0.25, 0.3) is 10.8 Å². The number of carboxylic acid groups (broad SMARTS) is 1. The fourth-order valence-electron chi connectivity index (χ4n) is 5.23. The van der Waals surface area contributed by atoms with Crippen LogP contribution in [-0.2, 0) is 18.7 Å². The van der Waals surface area contributed by atoms with Crippen LogP contribution >= 0.6 is 27.0 Å². The van der Waals surface area contributed by atoms with Crippen LogP contribution in [0.2, 0.25) is 0 Å². The lowest BCUT2D eigenvalue weighted by Crippen LogP contribution is -2.70. The molecule has 3 atom stereocenters. The number of thioether (sulfide) groups is 1. The SMILES string of the molecule is CCOc1ccc2c(NCCC(P(=O)(O)O)P(=O)(O)O)cccc2c1C(=O)NC1C(=O)N2C1SC(C)(C)C2C(=O)O. The zero-order chi connectivity index (χ0) is 30.5. The summed E-state index contributed by atoms with van der Waals surface area (Å²) in [5.74, 6) is -2.00. The average Bonchev–Trinajstić information content (AvgIpc) is 3.11. The smallest absolute Gasteiger partial charge is 0.340 e. The Balaban J connectivity index is 1.61. The molecule has 0 radical (unpaired) electrons. The number of amides is 2. The normalized spacial score (nSPS) is 21.9. The van der Waals surface area contributed by atoms with Gasteiger partial charge in [0.1, 0.15) is 23.2 Å². The fourth-order valence-corrected chi connectivity index (χ4v) is 9.35. The van der Waals surface area contributed by atoms with Gasteiger partial charge in [-0.1, -0.05) is 12.1 Å². The second-order valence-electron chi connectivity index (χ2n) is 10.2. The minimum atomic E-state index is -5.08. The molecule has 2 heterocycles. The van der Waals surface area contributed by atoms with Crippen molar-refractivity contribution in [2.75, 3.05) is 18.5 Å². The number of carbonyl (C=O) groups excluding carboxylic acids is 2. The van der Waals surface area contributed by atoms with Crippen LogP contribution in [0.4, 0.5) is 5.69 Å². The number of hydrogen-bond donors (Lipinski definition) is 7. The number of carboxylic acids is 1. The topological polar surface area (TPSA) is 223 Å². The van der Waals surface area contributed by atoms with Gasteiger partial charge >= 0.3 is 21.2 Å². The maximum Gasteiger partial charge on any atom is 0.340 e. The van der Waals surface area contributed by atoms with E-state index in [-0.39, 0.29) is 24.5 Å². The maximum absolute atomic E-state index is 13.6. The Kier molecular flexibility index (Phi) is 8.56. The molecule has 2 fully saturated rings. The molecule has 4 rings (SSSR count). The molecule has 2 saturated heterocycles. The fraction of sp³-hybridized carbons (Fsp3) is 0.458. The Morgan fingerprint density at radius 2 is 1.76 bits per heavy atom. The van der Waals surface area contributed by atoms with Gasteiger partial charge in [0.15, 0.2) is 5.40 Å². The summed E-state index contributed by atoms with van der Waals surface area (Å²) in [5.41, 5.74) is 0.553. The molecule has 0 spiro atoms. The molecule has 0 bridgehead atoms. The number of anilines is 1. The zero-order valence-corrected chi connectivity index (χ0v) is 24.9. The van der Waals surface area contributed by atoms with E-state index in [2.05, 4.69) is 10.6 Å². The second-order valence-corrected chi connectivity index (χ2v) is 16.0. The number of benzene rings is 2. The summed E-state index contributed by atoms with van der Waals surface area (Å²) in [4.78, 5) is 77.2. The van der Waals surface area contributed by atoms with Gasteiger partial charge in [0.05, 0.1) is 12.2 Å². The molecule has 224 valence electrons. The lowest BCUT2D eigenvalue weighted by atomic mass is 9.95. The lowest BCUT2D eigenvalue weighted by Gasteiger charge is -2.43. The maximum atomic E-state index is 13.6. The Hall–Kier alpha value is -2.64. The number of nitrogens with zero attached hydrogens (tertiary/aromatic N) is 1. The number of nitrogens with one attached hydrogen (secondary N) is 2. The summed E-state index contributed by atoms with van der Waals surface area (Å²) in [7, 11) is -10.2. The van der Waals surface area contributed by atoms with Gasteiger partial charge in [-0.3, -0.25) is 18.7 Å². The third-order valence-corrected chi connectivity index (χ3v) is 12.5. The van der Waals surface area contributed by atoms with Crippen LogP contribution in [-0.4, -0.2) is 88.1 Å². The van der Waals surface area contributed by atoms with Crippen LogP contribution in [0.3, 0.4) is 0 Å². The van der Waals surface area contributed by atoms with Gasteiger partial charge in [0, 0.05) is 27.8 Å². The van der Waals surface area contributed by atoms with E-state index in [1.54, 1.807) is 51.1 Å². The predicted molar refractivity (Wildman–Crippen MR) is 151 cm³/mol. The van der Waals surface area contributed by atoms with E-state index in [0.29, 0.717) is 16.5 Å². The molecule has 2 aliphatic rings. The van der Waals surface area contributed by atoms with E-state index < -0.39 is 67.0 Å². The monoisotopic (exact) mass is 631 g/mol. The van der Waals surface area contributed by atoms with E-state index in [9.17, 15) is 48.2 Å². The van der Waals surface area contributed by atoms with Crippen molar-refractivity contribution >= 4 is 61.2 Å². The first-order valence-electron chi connectivity index (χ1n) is 12.6. The van der Waals surface area contributed by atoms with Crippen molar-refractivity contribution < 1.29 is 52.9 Å². The average molecular weight is 632 g/mol. The first kappa shape index (κ1) is 31.3. The standard InChI is InChI=1S/C24H31N3O11P2S/c1-4-38-15-9-8-12-13(6-5-7-14(12)25-11-10-16(39(32,33)34)40(35,36)37)17(15)20(28)26-18-21(29)27-19(23(30)31)24(2,3)41-22(18)27/h5-9,16,18-19,22,25H,4,10-11H2,1-3H3,(H,26,28)(H,30,31)(H2,32,33,34)(H2,35,36,37). The molecule has 17 heteroatoms. The highest BCUT2D eigenvalue weighted by Gasteiger charge is 2.64. The molecular formula is C24H31N3O11P2S. The highest BCUT2D eigenvalue weighted by atomic mass is 32.2. The van der Waals surface area contributed by atoms with Gasteiger partial charge in [-0.15, -0.1) is 11.8 Å². The first-order valence-corrected chi connectivity index (χ1v) is 16.8. The summed E-state index contributed by atoms with van der Waals surface area (Å²) in [6.45, 7) is 5.24. The molecule has 2 aromatic carbocycles. The molecule has 7 N–H and O–H groups in total. The summed E-state index contributed by atoms with van der Waals surface area (Å²) in [6.07, 6.45) is -0.525. The summed E-state index contributed by atoms with van der Waals surface area (Å²) in [6, 6.07) is 6.14. The van der Waals surface area contributed by atoms with E-state index in [1.165, 1.54) is 16.7 Å². The number of hydrogen-bond acceptors (Lipinski definition) is 8. The number of fused-ring (bicyclic) bond motifs is 2. The van der Waals surface area contributed by atoms with E-state index in [1.807, 2.05) is 0 Å². The second kappa shape index (κ2) is 11.2. The molecule has 0 aromatic heterocycles. The molecule has 0 aliphatic carbocycles. The molecule has 2 aliphatic heterocycles. The largest absolute Gasteiger partial charge is 0.493 e. The number of aliphatic carboxylic acids is 1. The van der Waals surface area contributed by atoms with Crippen molar-refractivity contribution in [3.8, 4) is 5.75 Å². The van der Waals surface area contributed by atoms with E-state index in [0.717, 1.165) is 0 Å². The molecule has 2 aromatic rings. The van der Waals surface area contributed by atoms with Crippen LogP contribution < -0.4 is 15.4 Å². The Bertz CT molecular complexity index is 1470. The van der Waals surface area contributed by atoms with Crippen molar-refractivity contribution in [3.63, 3.8) is 0 Å². The third kappa shape index (κ3) is 5.98. The zero-order valence-electron chi connectivity index (χ0n) is 22.3. The quantitative estimate of drug-likeness (QED) is 0.139. The van der Waals surface area contributed by atoms with Gasteiger partial charge in [0.2, 0.25) is 5.91 Å². The molecule has 14 nitrogen and oxygen atoms in total. The van der Waals surface area contributed by atoms with E-state index >= 15 is 0 Å². The molecule has 2 amide bonds. The van der Waals surface area contributed by atoms with Gasteiger partial charge in [0.25, 0.3) is 5.91 Å². The van der Waals surface area contributed by atoms with Gasteiger partial charge in [-0.05, 0) is 45.4 Å². The highest BCUT2D eigenvalue weighted by Crippen LogP contribution is 2.61. The van der Waals surface area contributed by atoms with Crippen LogP contribution in [0.5, 0.6) is 5.75 Å². The number of rotatable bonds is 11. The summed E-state index contributed by atoms with van der Waals surface area (Å²) < 4.78 is 28.1. The number of carbonyl (C=O) groups is 3. The lowest BCUT2D eigenvalue weighted by molar-refractivity contribution is -0.159. The van der Waals surface area contributed by atoms with E-state index in [4.69, 9.17) is 4.74 Å². The number of β-lactam (4-membered cyclic amide) rings is 1. The molecular weight excluding hydrogens is 600 g/mol. The molecule has 41 heavy (non-hydrogen) atoms. The van der Waals surface area contributed by atoms with Crippen LogP contribution in [0.15, 0.2) is 30.3 Å².